The maximum absolute atomic E-state index is 14.6. The third kappa shape index (κ3) is 9.92. The summed E-state index contributed by atoms with van der Waals surface area (Å²) in [6, 6.07) is 28.8. The Morgan fingerprint density at radius 1 is 0.809 bits per heavy atom. The van der Waals surface area contributed by atoms with Crippen molar-refractivity contribution in [1.29, 1.82) is 0 Å². The van der Waals surface area contributed by atoms with Crippen molar-refractivity contribution in [1.82, 2.24) is 10.2 Å². The number of halogens is 2. The predicted octanol–water partition coefficient (Wildman–Crippen LogP) is 7.36. The molecule has 0 aliphatic rings. The van der Waals surface area contributed by atoms with Crippen LogP contribution in [0.5, 0.6) is 5.75 Å². The average molecular weight is 786 g/mol. The third-order valence-electron chi connectivity index (χ3n) is 7.65. The molecule has 0 spiro atoms. The van der Waals surface area contributed by atoms with Crippen LogP contribution in [0.1, 0.15) is 38.3 Å². The van der Waals surface area contributed by atoms with Gasteiger partial charge in [-0.1, -0.05) is 81.2 Å². The van der Waals surface area contributed by atoms with Gasteiger partial charge < -0.3 is 15.0 Å². The zero-order valence-corrected chi connectivity index (χ0v) is 30.6. The Balaban J connectivity index is 1.80. The summed E-state index contributed by atoms with van der Waals surface area (Å²) in [7, 11) is -4.21. The van der Waals surface area contributed by atoms with Crippen molar-refractivity contribution in [2.24, 2.45) is 0 Å². The molecule has 8 nitrogen and oxygen atoms in total. The number of rotatable bonds is 15. The van der Waals surface area contributed by atoms with E-state index in [-0.39, 0.29) is 35.5 Å². The molecule has 0 aromatic heterocycles. The van der Waals surface area contributed by atoms with Crippen LogP contribution in [0.15, 0.2) is 117 Å². The highest BCUT2D eigenvalue weighted by Crippen LogP contribution is 2.28. The van der Waals surface area contributed by atoms with Gasteiger partial charge in [0, 0.05) is 28.0 Å². The molecular formula is C36H39Br2N3O5S. The van der Waals surface area contributed by atoms with E-state index in [1.807, 2.05) is 75.4 Å². The number of anilines is 1. The number of hydrogen-bond acceptors (Lipinski definition) is 5. The highest BCUT2D eigenvalue weighted by atomic mass is 79.9. The van der Waals surface area contributed by atoms with E-state index in [1.54, 1.807) is 36.4 Å². The standard InChI is InChI=1S/C36H39Br2N3O5S/c1-4-26(3)39-36(43)34(23-27-9-7-6-8-10-27)40(24-28-11-13-29(37)14-12-28)35(42)25-41(31-17-19-32(20-18-31)46-5-2)47(44,45)33-21-15-30(38)16-22-33/h6-22,26,34H,4-5,23-25H2,1-3H3,(H,39,43)/t26-,34+/m1/s1. The zero-order valence-electron chi connectivity index (χ0n) is 26.6. The summed E-state index contributed by atoms with van der Waals surface area (Å²) in [5.41, 5.74) is 1.95. The second-order valence-electron chi connectivity index (χ2n) is 11.1. The highest BCUT2D eigenvalue weighted by molar-refractivity contribution is 9.10. The van der Waals surface area contributed by atoms with Gasteiger partial charge in [0.05, 0.1) is 17.2 Å². The highest BCUT2D eigenvalue weighted by Gasteiger charge is 2.35. The van der Waals surface area contributed by atoms with E-state index in [4.69, 9.17) is 4.74 Å². The fraction of sp³-hybridized carbons (Fsp3) is 0.278. The molecule has 248 valence electrons. The number of sulfonamides is 1. The van der Waals surface area contributed by atoms with E-state index in [2.05, 4.69) is 37.2 Å². The minimum absolute atomic E-state index is 0.0252. The molecule has 0 saturated heterocycles. The van der Waals surface area contributed by atoms with Gasteiger partial charge >= 0.3 is 0 Å². The maximum atomic E-state index is 14.6. The topological polar surface area (TPSA) is 96.0 Å². The van der Waals surface area contributed by atoms with Crippen LogP contribution in [0.4, 0.5) is 5.69 Å². The lowest BCUT2D eigenvalue weighted by molar-refractivity contribution is -0.140. The molecule has 4 aromatic carbocycles. The van der Waals surface area contributed by atoms with E-state index in [9.17, 15) is 18.0 Å². The smallest absolute Gasteiger partial charge is 0.264 e. The van der Waals surface area contributed by atoms with Crippen LogP contribution in [0.3, 0.4) is 0 Å². The number of hydrogen-bond donors (Lipinski definition) is 1. The number of carbonyl (C=O) groups excluding carboxylic acids is 2. The minimum Gasteiger partial charge on any atom is -0.494 e. The summed E-state index contributed by atoms with van der Waals surface area (Å²) in [4.78, 5) is 30.1. The van der Waals surface area contributed by atoms with Gasteiger partial charge in [-0.15, -0.1) is 0 Å². The van der Waals surface area contributed by atoms with Crippen molar-refractivity contribution < 1.29 is 22.7 Å². The molecule has 0 fully saturated rings. The van der Waals surface area contributed by atoms with Crippen molar-refractivity contribution in [2.75, 3.05) is 17.5 Å². The normalized spacial score (nSPS) is 12.5. The lowest BCUT2D eigenvalue weighted by Crippen LogP contribution is -2.54. The first kappa shape index (κ1) is 36.2. The average Bonchev–Trinajstić information content (AvgIpc) is 3.07. The number of nitrogens with one attached hydrogen (secondary N) is 1. The van der Waals surface area contributed by atoms with Crippen molar-refractivity contribution in [3.63, 3.8) is 0 Å². The number of amides is 2. The lowest BCUT2D eigenvalue weighted by Gasteiger charge is -2.34. The fourth-order valence-electron chi connectivity index (χ4n) is 4.92. The van der Waals surface area contributed by atoms with Gasteiger partial charge in [0.2, 0.25) is 11.8 Å². The summed E-state index contributed by atoms with van der Waals surface area (Å²) in [5, 5.41) is 3.05. The van der Waals surface area contributed by atoms with Crippen LogP contribution in [-0.2, 0) is 32.6 Å². The molecule has 2 atom stereocenters. The Hall–Kier alpha value is -3.67. The van der Waals surface area contributed by atoms with E-state index in [1.165, 1.54) is 17.0 Å². The number of carbonyl (C=O) groups is 2. The van der Waals surface area contributed by atoms with Crippen molar-refractivity contribution >= 4 is 59.4 Å². The van der Waals surface area contributed by atoms with Gasteiger partial charge in [0.15, 0.2) is 0 Å². The van der Waals surface area contributed by atoms with Crippen LogP contribution in [0.25, 0.3) is 0 Å². The molecule has 0 aliphatic heterocycles. The fourth-order valence-corrected chi connectivity index (χ4v) is 6.86. The van der Waals surface area contributed by atoms with Crippen molar-refractivity contribution in [3.05, 3.63) is 123 Å². The second kappa shape index (κ2) is 16.9. The molecular weight excluding hydrogens is 746 g/mol. The maximum Gasteiger partial charge on any atom is 0.264 e. The summed E-state index contributed by atoms with van der Waals surface area (Å²) in [6.07, 6.45) is 0.954. The molecule has 0 radical (unpaired) electrons. The largest absolute Gasteiger partial charge is 0.494 e. The first-order valence-corrected chi connectivity index (χ1v) is 18.4. The monoisotopic (exact) mass is 783 g/mol. The summed E-state index contributed by atoms with van der Waals surface area (Å²) < 4.78 is 36.7. The van der Waals surface area contributed by atoms with Gasteiger partial charge in [-0.2, -0.15) is 0 Å². The molecule has 11 heteroatoms. The summed E-state index contributed by atoms with van der Waals surface area (Å²) in [5.74, 6) is -0.259. The molecule has 0 bridgehead atoms. The zero-order chi connectivity index (χ0) is 34.0. The summed E-state index contributed by atoms with van der Waals surface area (Å²) in [6.45, 7) is 5.75. The van der Waals surface area contributed by atoms with Crippen LogP contribution in [-0.4, -0.2) is 50.4 Å². The summed E-state index contributed by atoms with van der Waals surface area (Å²) >= 11 is 6.83. The molecule has 1 N–H and O–H groups in total. The molecule has 0 heterocycles. The second-order valence-corrected chi connectivity index (χ2v) is 14.8. The molecule has 0 saturated carbocycles. The van der Waals surface area contributed by atoms with Gasteiger partial charge in [-0.3, -0.25) is 13.9 Å². The molecule has 4 rings (SSSR count). The van der Waals surface area contributed by atoms with E-state index < -0.39 is 28.5 Å². The first-order valence-electron chi connectivity index (χ1n) is 15.4. The van der Waals surface area contributed by atoms with Crippen LogP contribution in [0, 0.1) is 0 Å². The van der Waals surface area contributed by atoms with E-state index >= 15 is 0 Å². The van der Waals surface area contributed by atoms with Gasteiger partial charge in [-0.05, 0) is 92.1 Å². The van der Waals surface area contributed by atoms with Crippen LogP contribution < -0.4 is 14.4 Å². The Labute approximate surface area is 294 Å². The van der Waals surface area contributed by atoms with E-state index in [0.29, 0.717) is 18.8 Å². The first-order chi connectivity index (χ1) is 22.5. The minimum atomic E-state index is -4.21. The number of ether oxygens (including phenoxy) is 1. The Morgan fingerprint density at radius 2 is 1.40 bits per heavy atom. The van der Waals surface area contributed by atoms with Gasteiger partial charge in [-0.25, -0.2) is 8.42 Å². The quantitative estimate of drug-likeness (QED) is 0.136. The molecule has 2 amide bonds. The van der Waals surface area contributed by atoms with Crippen molar-refractivity contribution in [2.45, 2.75) is 57.1 Å². The van der Waals surface area contributed by atoms with Crippen LogP contribution >= 0.6 is 31.9 Å². The van der Waals surface area contributed by atoms with Crippen molar-refractivity contribution in [3.8, 4) is 5.75 Å². The molecule has 0 unspecified atom stereocenters. The van der Waals surface area contributed by atoms with Crippen LogP contribution in [0.2, 0.25) is 0 Å². The third-order valence-corrected chi connectivity index (χ3v) is 10.5. The number of nitrogens with zero attached hydrogens (tertiary/aromatic N) is 2. The Bertz CT molecular complexity index is 1720. The Kier molecular flexibility index (Phi) is 13.0. The van der Waals surface area contributed by atoms with E-state index in [0.717, 1.165) is 24.4 Å². The van der Waals surface area contributed by atoms with Gasteiger partial charge in [0.1, 0.15) is 18.3 Å². The van der Waals surface area contributed by atoms with Gasteiger partial charge in [0.25, 0.3) is 10.0 Å². The predicted molar refractivity (Wildman–Crippen MR) is 193 cm³/mol. The molecule has 47 heavy (non-hydrogen) atoms. The Morgan fingerprint density at radius 3 is 1.98 bits per heavy atom. The SMILES string of the molecule is CCOc1ccc(N(CC(=O)N(Cc2ccc(Br)cc2)[C@@H](Cc2ccccc2)C(=O)N[C@H](C)CC)S(=O)(=O)c2ccc(Br)cc2)cc1. The lowest BCUT2D eigenvalue weighted by atomic mass is 10.0. The number of benzene rings is 4. The molecule has 0 aliphatic carbocycles. The molecule has 4 aromatic rings.